The van der Waals surface area contributed by atoms with E-state index in [1.165, 1.54) is 5.56 Å². The molecule has 0 radical (unpaired) electrons. The van der Waals surface area contributed by atoms with Crippen molar-refractivity contribution in [3.63, 3.8) is 0 Å². The van der Waals surface area contributed by atoms with Crippen molar-refractivity contribution in [1.82, 2.24) is 19.5 Å². The van der Waals surface area contributed by atoms with Crippen LogP contribution in [0.25, 0.3) is 0 Å². The number of rotatable bonds is 5. The third kappa shape index (κ3) is 2.88. The fourth-order valence-electron chi connectivity index (χ4n) is 2.08. The molecule has 0 bridgehead atoms. The van der Waals surface area contributed by atoms with Crippen LogP contribution in [0.3, 0.4) is 0 Å². The molecular weight excluding hydrogens is 250 g/mol. The molecule has 2 aromatic heterocycles. The summed E-state index contributed by atoms with van der Waals surface area (Å²) in [7, 11) is 0. The highest BCUT2D eigenvalue weighted by atomic mass is 15.0. The lowest BCUT2D eigenvalue weighted by Gasteiger charge is -2.08. The van der Waals surface area contributed by atoms with Gasteiger partial charge >= 0.3 is 0 Å². The maximum absolute atomic E-state index is 4.23. The van der Waals surface area contributed by atoms with Crippen molar-refractivity contribution >= 4 is 5.69 Å². The Hall–Kier alpha value is -2.56. The Kier molecular flexibility index (Phi) is 3.50. The first-order chi connectivity index (χ1) is 9.81. The number of hydrogen-bond donors (Lipinski definition) is 2. The maximum atomic E-state index is 4.23. The van der Waals surface area contributed by atoms with Crippen LogP contribution in [0, 0.1) is 6.92 Å². The minimum Gasteiger partial charge on any atom is -0.378 e. The van der Waals surface area contributed by atoms with Crippen LogP contribution in [-0.4, -0.2) is 19.5 Å². The van der Waals surface area contributed by atoms with Crippen LogP contribution in [0.5, 0.6) is 0 Å². The Morgan fingerprint density at radius 3 is 2.65 bits per heavy atom. The molecule has 0 atom stereocenters. The monoisotopic (exact) mass is 267 g/mol. The average Bonchev–Trinajstić information content (AvgIpc) is 3.11. The highest BCUT2D eigenvalue weighted by molar-refractivity contribution is 5.44. The van der Waals surface area contributed by atoms with E-state index in [9.17, 15) is 0 Å². The maximum Gasteiger partial charge on any atom is 0.125 e. The van der Waals surface area contributed by atoms with E-state index in [2.05, 4.69) is 49.1 Å². The van der Waals surface area contributed by atoms with Crippen molar-refractivity contribution in [2.75, 3.05) is 5.32 Å². The van der Waals surface area contributed by atoms with Crippen LogP contribution in [0.4, 0.5) is 5.69 Å². The fraction of sp³-hybridized carbons (Fsp3) is 0.200. The smallest absolute Gasteiger partial charge is 0.125 e. The minimum atomic E-state index is 0.701. The lowest BCUT2D eigenvalue weighted by Crippen LogP contribution is -2.03. The van der Waals surface area contributed by atoms with Crippen molar-refractivity contribution < 1.29 is 0 Å². The topological polar surface area (TPSA) is 58.5 Å². The second-order valence-corrected chi connectivity index (χ2v) is 4.69. The summed E-state index contributed by atoms with van der Waals surface area (Å²) in [6.07, 6.45) is 7.41. The number of benzene rings is 1. The summed E-state index contributed by atoms with van der Waals surface area (Å²) < 4.78 is 2.13. The lowest BCUT2D eigenvalue weighted by atomic mass is 10.2. The van der Waals surface area contributed by atoms with Crippen LogP contribution in [0.1, 0.15) is 17.2 Å². The molecule has 0 amide bonds. The van der Waals surface area contributed by atoms with Gasteiger partial charge in [0.15, 0.2) is 0 Å². The Bertz CT molecular complexity index is 652. The molecule has 0 aliphatic carbocycles. The molecule has 0 aliphatic heterocycles. The van der Waals surface area contributed by atoms with Crippen molar-refractivity contribution in [3.05, 3.63) is 66.3 Å². The number of H-pyrrole nitrogens is 1. The van der Waals surface area contributed by atoms with Crippen LogP contribution < -0.4 is 5.32 Å². The SMILES string of the molecule is Cc1nccn1Cc1ccc(NCc2ncc[nH]2)cc1. The summed E-state index contributed by atoms with van der Waals surface area (Å²) in [4.78, 5) is 11.5. The Morgan fingerprint density at radius 1 is 1.15 bits per heavy atom. The van der Waals surface area contributed by atoms with E-state index in [0.717, 1.165) is 23.9 Å². The van der Waals surface area contributed by atoms with Gasteiger partial charge in [0.1, 0.15) is 11.6 Å². The van der Waals surface area contributed by atoms with Crippen LogP contribution >= 0.6 is 0 Å². The van der Waals surface area contributed by atoms with E-state index in [1.54, 1.807) is 6.20 Å². The zero-order valence-corrected chi connectivity index (χ0v) is 11.4. The first kappa shape index (κ1) is 12.5. The molecule has 5 nitrogen and oxygen atoms in total. The quantitative estimate of drug-likeness (QED) is 0.747. The first-order valence-electron chi connectivity index (χ1n) is 6.60. The predicted octanol–water partition coefficient (Wildman–Crippen LogP) is 2.58. The van der Waals surface area contributed by atoms with E-state index in [1.807, 2.05) is 25.5 Å². The molecule has 3 rings (SSSR count). The average molecular weight is 267 g/mol. The van der Waals surface area contributed by atoms with Crippen LogP contribution in [-0.2, 0) is 13.1 Å². The van der Waals surface area contributed by atoms with E-state index in [-0.39, 0.29) is 0 Å². The van der Waals surface area contributed by atoms with Gasteiger partial charge in [-0.1, -0.05) is 12.1 Å². The van der Waals surface area contributed by atoms with Crippen molar-refractivity contribution in [2.45, 2.75) is 20.0 Å². The molecule has 0 fully saturated rings. The van der Waals surface area contributed by atoms with Gasteiger partial charge in [-0.15, -0.1) is 0 Å². The zero-order chi connectivity index (χ0) is 13.8. The highest BCUT2D eigenvalue weighted by Gasteiger charge is 2.00. The molecule has 0 spiro atoms. The standard InChI is InChI=1S/C15H17N5/c1-12-16-8-9-20(12)11-13-2-4-14(5-3-13)19-10-15-17-6-7-18-15/h2-9,19H,10-11H2,1H3,(H,17,18). The third-order valence-electron chi connectivity index (χ3n) is 3.25. The number of imidazole rings is 2. The Balaban J connectivity index is 1.61. The fourth-order valence-corrected chi connectivity index (χ4v) is 2.08. The molecule has 0 unspecified atom stereocenters. The molecule has 0 aliphatic rings. The normalized spacial score (nSPS) is 10.7. The van der Waals surface area contributed by atoms with Crippen molar-refractivity contribution in [1.29, 1.82) is 0 Å². The predicted molar refractivity (Wildman–Crippen MR) is 78.4 cm³/mol. The van der Waals surface area contributed by atoms with E-state index in [4.69, 9.17) is 0 Å². The second kappa shape index (κ2) is 5.61. The number of aromatic nitrogens is 4. The second-order valence-electron chi connectivity index (χ2n) is 4.69. The molecular formula is C15H17N5. The molecule has 5 heteroatoms. The van der Waals surface area contributed by atoms with Gasteiger partial charge in [-0.25, -0.2) is 9.97 Å². The van der Waals surface area contributed by atoms with Crippen molar-refractivity contribution in [3.8, 4) is 0 Å². The van der Waals surface area contributed by atoms with Gasteiger partial charge in [-0.3, -0.25) is 0 Å². The molecule has 2 heterocycles. The summed E-state index contributed by atoms with van der Waals surface area (Å²) in [6, 6.07) is 8.43. The van der Waals surface area contributed by atoms with Gasteiger partial charge in [-0.2, -0.15) is 0 Å². The molecule has 1 aromatic carbocycles. The highest BCUT2D eigenvalue weighted by Crippen LogP contribution is 2.12. The number of hydrogen-bond acceptors (Lipinski definition) is 3. The summed E-state index contributed by atoms with van der Waals surface area (Å²) in [6.45, 7) is 3.57. The number of anilines is 1. The summed E-state index contributed by atoms with van der Waals surface area (Å²) in [5.41, 5.74) is 2.35. The van der Waals surface area contributed by atoms with Gasteiger partial charge in [0, 0.05) is 37.0 Å². The number of nitrogens with zero attached hydrogens (tertiary/aromatic N) is 3. The third-order valence-corrected chi connectivity index (χ3v) is 3.25. The van der Waals surface area contributed by atoms with Gasteiger partial charge in [0.05, 0.1) is 6.54 Å². The molecule has 102 valence electrons. The number of aryl methyl sites for hydroxylation is 1. The van der Waals surface area contributed by atoms with Gasteiger partial charge in [-0.05, 0) is 24.6 Å². The molecule has 0 saturated carbocycles. The molecule has 2 N–H and O–H groups in total. The number of nitrogens with one attached hydrogen (secondary N) is 2. The summed E-state index contributed by atoms with van der Waals surface area (Å²) in [5.74, 6) is 1.97. The zero-order valence-electron chi connectivity index (χ0n) is 11.4. The van der Waals surface area contributed by atoms with Gasteiger partial charge < -0.3 is 14.9 Å². The number of aromatic amines is 1. The van der Waals surface area contributed by atoms with Gasteiger partial charge in [0.25, 0.3) is 0 Å². The largest absolute Gasteiger partial charge is 0.378 e. The van der Waals surface area contributed by atoms with E-state index < -0.39 is 0 Å². The molecule has 0 saturated heterocycles. The minimum absolute atomic E-state index is 0.701. The Labute approximate surface area is 117 Å². The summed E-state index contributed by atoms with van der Waals surface area (Å²) in [5, 5.41) is 3.33. The Morgan fingerprint density at radius 2 is 2.00 bits per heavy atom. The summed E-state index contributed by atoms with van der Waals surface area (Å²) >= 11 is 0. The lowest BCUT2D eigenvalue weighted by molar-refractivity contribution is 0.762. The van der Waals surface area contributed by atoms with Gasteiger partial charge in [0.2, 0.25) is 0 Å². The molecule has 20 heavy (non-hydrogen) atoms. The molecule has 3 aromatic rings. The van der Waals surface area contributed by atoms with Crippen molar-refractivity contribution in [2.24, 2.45) is 0 Å². The van der Waals surface area contributed by atoms with E-state index in [0.29, 0.717) is 6.54 Å². The van der Waals surface area contributed by atoms with E-state index >= 15 is 0 Å². The van der Waals surface area contributed by atoms with Crippen LogP contribution in [0.2, 0.25) is 0 Å². The van der Waals surface area contributed by atoms with Crippen LogP contribution in [0.15, 0.2) is 49.1 Å². The first-order valence-corrected chi connectivity index (χ1v) is 6.60.